The van der Waals surface area contributed by atoms with Gasteiger partial charge >= 0.3 is 0 Å². The molecule has 0 aliphatic carbocycles. The van der Waals surface area contributed by atoms with Crippen LogP contribution in [-0.4, -0.2) is 11.0 Å². The van der Waals surface area contributed by atoms with Crippen molar-refractivity contribution in [1.29, 1.82) is 0 Å². The number of nitrogens with one attached hydrogen (secondary N) is 1. The lowest BCUT2D eigenvalue weighted by atomic mass is 10.2. The van der Waals surface area contributed by atoms with Gasteiger partial charge in [0.1, 0.15) is 5.75 Å². The summed E-state index contributed by atoms with van der Waals surface area (Å²) in [5.74, 6) is -0.356. The lowest BCUT2D eigenvalue weighted by Crippen LogP contribution is -2.11. The quantitative estimate of drug-likeness (QED) is 0.892. The summed E-state index contributed by atoms with van der Waals surface area (Å²) in [4.78, 5) is 11.8. The number of hydrogen-bond donors (Lipinski definition) is 2. The first-order valence-corrected chi connectivity index (χ1v) is 6.22. The number of aromatic hydroxyl groups is 1. The van der Waals surface area contributed by atoms with E-state index in [4.69, 9.17) is 0 Å². The molecule has 1 heterocycles. The van der Waals surface area contributed by atoms with Crippen molar-refractivity contribution >= 4 is 38.9 Å². The molecule has 5 heteroatoms. The van der Waals surface area contributed by atoms with E-state index >= 15 is 0 Å². The average Bonchev–Trinajstić information content (AvgIpc) is 2.70. The van der Waals surface area contributed by atoms with Gasteiger partial charge in [-0.1, -0.05) is 15.9 Å². The Kier molecular flexibility index (Phi) is 3.26. The average molecular weight is 298 g/mol. The van der Waals surface area contributed by atoms with Crippen molar-refractivity contribution in [3.05, 3.63) is 45.1 Å². The summed E-state index contributed by atoms with van der Waals surface area (Å²) in [5.41, 5.74) is 0.992. The summed E-state index contributed by atoms with van der Waals surface area (Å²) in [6, 6.07) is 6.57. The van der Waals surface area contributed by atoms with Gasteiger partial charge in [0, 0.05) is 9.85 Å². The third-order valence-corrected chi connectivity index (χ3v) is 3.16. The number of anilines is 1. The molecular weight excluding hydrogens is 290 g/mol. The molecule has 0 saturated heterocycles. The molecular formula is C11H8BrNO2S. The second-order valence-electron chi connectivity index (χ2n) is 3.13. The second-order valence-corrected chi connectivity index (χ2v) is 4.82. The monoisotopic (exact) mass is 297 g/mol. The summed E-state index contributed by atoms with van der Waals surface area (Å²) < 4.78 is 0.733. The Morgan fingerprint density at radius 1 is 1.38 bits per heavy atom. The molecule has 2 aromatic rings. The molecule has 0 saturated carbocycles. The van der Waals surface area contributed by atoms with Crippen LogP contribution in [0.25, 0.3) is 0 Å². The van der Waals surface area contributed by atoms with Gasteiger partial charge in [-0.3, -0.25) is 4.79 Å². The minimum Gasteiger partial charge on any atom is -0.507 e. The highest BCUT2D eigenvalue weighted by molar-refractivity contribution is 9.10. The van der Waals surface area contributed by atoms with Crippen LogP contribution in [-0.2, 0) is 0 Å². The number of benzene rings is 1. The minimum absolute atomic E-state index is 0.0397. The van der Waals surface area contributed by atoms with Gasteiger partial charge < -0.3 is 10.4 Å². The first-order chi connectivity index (χ1) is 7.66. The smallest absolute Gasteiger partial charge is 0.259 e. The highest BCUT2D eigenvalue weighted by atomic mass is 79.9. The Bertz CT molecular complexity index is 511. The zero-order valence-electron chi connectivity index (χ0n) is 8.11. The number of carbonyl (C=O) groups excluding carboxylic acids is 1. The molecule has 1 aromatic heterocycles. The maximum Gasteiger partial charge on any atom is 0.259 e. The van der Waals surface area contributed by atoms with E-state index in [1.807, 2.05) is 10.8 Å². The standard InChI is InChI=1S/C11H8BrNO2S/c12-7-1-2-9(10(14)5-7)11(15)13-8-3-4-16-6-8/h1-6,14H,(H,13,15). The predicted octanol–water partition coefficient (Wildman–Crippen LogP) is 3.47. The number of thiophene rings is 1. The van der Waals surface area contributed by atoms with Crippen molar-refractivity contribution in [1.82, 2.24) is 0 Å². The number of amides is 1. The van der Waals surface area contributed by atoms with E-state index in [0.717, 1.165) is 10.2 Å². The lowest BCUT2D eigenvalue weighted by Gasteiger charge is -2.05. The van der Waals surface area contributed by atoms with Gasteiger partial charge in [-0.05, 0) is 29.6 Å². The molecule has 0 spiro atoms. The molecule has 0 bridgehead atoms. The van der Waals surface area contributed by atoms with E-state index in [1.54, 1.807) is 18.2 Å². The minimum atomic E-state index is -0.316. The van der Waals surface area contributed by atoms with Crippen molar-refractivity contribution in [2.24, 2.45) is 0 Å². The third-order valence-electron chi connectivity index (χ3n) is 1.98. The Morgan fingerprint density at radius 3 is 2.81 bits per heavy atom. The Labute approximate surface area is 105 Å². The van der Waals surface area contributed by atoms with E-state index in [9.17, 15) is 9.90 Å². The second kappa shape index (κ2) is 4.67. The zero-order chi connectivity index (χ0) is 11.5. The van der Waals surface area contributed by atoms with E-state index in [-0.39, 0.29) is 17.2 Å². The van der Waals surface area contributed by atoms with Crippen LogP contribution in [0.4, 0.5) is 5.69 Å². The van der Waals surface area contributed by atoms with Gasteiger partial charge in [-0.15, -0.1) is 0 Å². The molecule has 2 rings (SSSR count). The maximum absolute atomic E-state index is 11.8. The Morgan fingerprint density at radius 2 is 2.19 bits per heavy atom. The van der Waals surface area contributed by atoms with Gasteiger partial charge in [0.15, 0.2) is 0 Å². The van der Waals surface area contributed by atoms with Crippen LogP contribution < -0.4 is 5.32 Å². The fourth-order valence-electron chi connectivity index (χ4n) is 1.23. The topological polar surface area (TPSA) is 49.3 Å². The molecule has 16 heavy (non-hydrogen) atoms. The van der Waals surface area contributed by atoms with Crippen LogP contribution in [0.1, 0.15) is 10.4 Å². The van der Waals surface area contributed by atoms with Gasteiger partial charge in [-0.25, -0.2) is 0 Å². The first-order valence-electron chi connectivity index (χ1n) is 4.49. The molecule has 2 N–H and O–H groups in total. The summed E-state index contributed by atoms with van der Waals surface area (Å²) in [7, 11) is 0. The molecule has 0 aliphatic rings. The number of carbonyl (C=O) groups is 1. The number of phenolic OH excluding ortho intramolecular Hbond substituents is 1. The predicted molar refractivity (Wildman–Crippen MR) is 68.1 cm³/mol. The van der Waals surface area contributed by atoms with Gasteiger partial charge in [-0.2, -0.15) is 11.3 Å². The van der Waals surface area contributed by atoms with Crippen LogP contribution in [0.5, 0.6) is 5.75 Å². The molecule has 1 aromatic carbocycles. The summed E-state index contributed by atoms with van der Waals surface area (Å²) in [5, 5.41) is 16.0. The molecule has 0 atom stereocenters. The number of phenols is 1. The molecule has 1 amide bonds. The van der Waals surface area contributed by atoms with Crippen LogP contribution in [0.3, 0.4) is 0 Å². The van der Waals surface area contributed by atoms with Crippen molar-refractivity contribution in [3.63, 3.8) is 0 Å². The van der Waals surface area contributed by atoms with E-state index in [2.05, 4.69) is 21.2 Å². The number of halogens is 1. The molecule has 3 nitrogen and oxygen atoms in total. The SMILES string of the molecule is O=C(Nc1ccsc1)c1ccc(Br)cc1O. The highest BCUT2D eigenvalue weighted by Gasteiger charge is 2.11. The third kappa shape index (κ3) is 2.43. The zero-order valence-corrected chi connectivity index (χ0v) is 10.5. The van der Waals surface area contributed by atoms with E-state index < -0.39 is 0 Å². The largest absolute Gasteiger partial charge is 0.507 e. The van der Waals surface area contributed by atoms with Gasteiger partial charge in [0.2, 0.25) is 0 Å². The van der Waals surface area contributed by atoms with Crippen LogP contribution in [0.15, 0.2) is 39.5 Å². The summed E-state index contributed by atoms with van der Waals surface area (Å²) >= 11 is 4.71. The lowest BCUT2D eigenvalue weighted by molar-refractivity contribution is 0.102. The van der Waals surface area contributed by atoms with Gasteiger partial charge in [0.25, 0.3) is 5.91 Å². The molecule has 0 unspecified atom stereocenters. The Balaban J connectivity index is 2.21. The molecule has 0 radical (unpaired) electrons. The van der Waals surface area contributed by atoms with Crippen molar-refractivity contribution in [3.8, 4) is 5.75 Å². The fraction of sp³-hybridized carbons (Fsp3) is 0. The van der Waals surface area contributed by atoms with Crippen LogP contribution in [0, 0.1) is 0 Å². The molecule has 0 aliphatic heterocycles. The first kappa shape index (κ1) is 11.2. The Hall–Kier alpha value is -1.33. The number of rotatable bonds is 2. The van der Waals surface area contributed by atoms with Gasteiger partial charge in [0.05, 0.1) is 11.3 Å². The fourth-order valence-corrected chi connectivity index (χ4v) is 2.17. The van der Waals surface area contributed by atoms with Crippen molar-refractivity contribution in [2.75, 3.05) is 5.32 Å². The van der Waals surface area contributed by atoms with Crippen molar-refractivity contribution < 1.29 is 9.90 Å². The maximum atomic E-state index is 11.8. The summed E-state index contributed by atoms with van der Waals surface area (Å²) in [6.45, 7) is 0. The summed E-state index contributed by atoms with van der Waals surface area (Å²) in [6.07, 6.45) is 0. The van der Waals surface area contributed by atoms with E-state index in [1.165, 1.54) is 17.4 Å². The normalized spacial score (nSPS) is 10.1. The van der Waals surface area contributed by atoms with Crippen LogP contribution >= 0.6 is 27.3 Å². The highest BCUT2D eigenvalue weighted by Crippen LogP contribution is 2.23. The molecule has 82 valence electrons. The van der Waals surface area contributed by atoms with E-state index in [0.29, 0.717) is 0 Å². The number of hydrogen-bond acceptors (Lipinski definition) is 3. The molecule has 0 fully saturated rings. The van der Waals surface area contributed by atoms with Crippen LogP contribution in [0.2, 0.25) is 0 Å². The van der Waals surface area contributed by atoms with Crippen molar-refractivity contribution in [2.45, 2.75) is 0 Å².